The Balaban J connectivity index is 1.55. The Bertz CT molecular complexity index is 574. The van der Waals surface area contributed by atoms with Crippen LogP contribution in [0.4, 0.5) is 0 Å². The van der Waals surface area contributed by atoms with Gasteiger partial charge in [-0.25, -0.2) is 0 Å². The second kappa shape index (κ2) is 10.8. The summed E-state index contributed by atoms with van der Waals surface area (Å²) in [5, 5.41) is 7.56. The third-order valence-corrected chi connectivity index (χ3v) is 5.74. The van der Waals surface area contributed by atoms with Crippen molar-refractivity contribution < 1.29 is 4.52 Å². The first kappa shape index (κ1) is 21.1. The molecular formula is C21H38N6O. The van der Waals surface area contributed by atoms with Crippen molar-refractivity contribution in [3.05, 3.63) is 18.0 Å². The van der Waals surface area contributed by atoms with E-state index in [-0.39, 0.29) is 0 Å². The highest BCUT2D eigenvalue weighted by atomic mass is 16.5. The summed E-state index contributed by atoms with van der Waals surface area (Å²) >= 11 is 0. The van der Waals surface area contributed by atoms with E-state index in [1.165, 1.54) is 32.4 Å². The Hall–Kier alpha value is -1.60. The van der Waals surface area contributed by atoms with Crippen molar-refractivity contribution in [2.24, 2.45) is 10.9 Å². The third kappa shape index (κ3) is 6.21. The van der Waals surface area contributed by atoms with Crippen molar-refractivity contribution in [2.75, 3.05) is 52.4 Å². The summed E-state index contributed by atoms with van der Waals surface area (Å²) in [7, 11) is 0. The molecule has 0 amide bonds. The molecule has 7 heteroatoms. The lowest BCUT2D eigenvalue weighted by molar-refractivity contribution is 0.168. The van der Waals surface area contributed by atoms with Crippen molar-refractivity contribution in [2.45, 2.75) is 52.6 Å². The number of nitrogens with one attached hydrogen (secondary N) is 1. The molecule has 2 aliphatic rings. The first-order chi connectivity index (χ1) is 13.7. The first-order valence-electron chi connectivity index (χ1n) is 11.0. The monoisotopic (exact) mass is 390 g/mol. The lowest BCUT2D eigenvalue weighted by Gasteiger charge is -2.36. The minimum absolute atomic E-state index is 0.574. The maximum Gasteiger partial charge on any atom is 0.194 e. The lowest BCUT2D eigenvalue weighted by Crippen LogP contribution is -2.52. The molecule has 3 heterocycles. The Morgan fingerprint density at radius 3 is 2.54 bits per heavy atom. The van der Waals surface area contributed by atoms with E-state index in [0.29, 0.717) is 12.0 Å². The van der Waals surface area contributed by atoms with Crippen LogP contribution < -0.4 is 5.32 Å². The predicted molar refractivity (Wildman–Crippen MR) is 113 cm³/mol. The van der Waals surface area contributed by atoms with Gasteiger partial charge in [-0.2, -0.15) is 0 Å². The summed E-state index contributed by atoms with van der Waals surface area (Å²) in [6, 6.07) is 2.52. The molecule has 1 unspecified atom stereocenters. The molecule has 2 saturated heterocycles. The van der Waals surface area contributed by atoms with E-state index in [9.17, 15) is 0 Å². The van der Waals surface area contributed by atoms with Crippen molar-refractivity contribution >= 4 is 5.96 Å². The smallest absolute Gasteiger partial charge is 0.194 e. The first-order valence-corrected chi connectivity index (χ1v) is 11.0. The largest absolute Gasteiger partial charge is 0.364 e. The number of aliphatic imine (C=N–C) groups is 1. The molecule has 0 aliphatic carbocycles. The van der Waals surface area contributed by atoms with E-state index < -0.39 is 0 Å². The van der Waals surface area contributed by atoms with Crippen LogP contribution in [0.2, 0.25) is 0 Å². The van der Waals surface area contributed by atoms with Gasteiger partial charge in [0.1, 0.15) is 6.26 Å². The van der Waals surface area contributed by atoms with Crippen LogP contribution in [-0.4, -0.2) is 84.2 Å². The number of likely N-dealkylation sites (tertiary alicyclic amines) is 1. The maximum absolute atomic E-state index is 5.08. The molecule has 0 spiro atoms. The normalized spacial score (nSPS) is 20.9. The summed E-state index contributed by atoms with van der Waals surface area (Å²) < 4.78 is 4.95. The molecule has 0 bridgehead atoms. The molecule has 7 nitrogen and oxygen atoms in total. The number of nitrogens with zero attached hydrogens (tertiary/aromatic N) is 5. The van der Waals surface area contributed by atoms with Crippen LogP contribution in [-0.2, 0) is 6.54 Å². The molecule has 2 aliphatic heterocycles. The van der Waals surface area contributed by atoms with Crippen LogP contribution in [0, 0.1) is 5.92 Å². The quantitative estimate of drug-likeness (QED) is 0.543. The molecule has 0 saturated carbocycles. The summed E-state index contributed by atoms with van der Waals surface area (Å²) in [5.74, 6) is 1.79. The van der Waals surface area contributed by atoms with E-state index in [0.717, 1.165) is 57.5 Å². The van der Waals surface area contributed by atoms with Crippen LogP contribution in [0.5, 0.6) is 0 Å². The number of hydrogen-bond acceptors (Lipinski definition) is 5. The van der Waals surface area contributed by atoms with Gasteiger partial charge in [-0.1, -0.05) is 19.0 Å². The SMILES string of the molecule is CCNC(=NCC(CC(C)C)N1CCCC1)N1CCN(Cc2ccon2)CC1. The highest BCUT2D eigenvalue weighted by Crippen LogP contribution is 2.18. The molecule has 1 atom stereocenters. The van der Waals surface area contributed by atoms with E-state index >= 15 is 0 Å². The highest BCUT2D eigenvalue weighted by molar-refractivity contribution is 5.80. The van der Waals surface area contributed by atoms with Gasteiger partial charge >= 0.3 is 0 Å². The van der Waals surface area contributed by atoms with Gasteiger partial charge < -0.3 is 14.7 Å². The highest BCUT2D eigenvalue weighted by Gasteiger charge is 2.24. The van der Waals surface area contributed by atoms with Crippen LogP contribution in [0.15, 0.2) is 21.8 Å². The molecule has 1 aromatic heterocycles. The van der Waals surface area contributed by atoms with E-state index in [4.69, 9.17) is 9.52 Å². The average molecular weight is 391 g/mol. The fraction of sp³-hybridized carbons (Fsp3) is 0.810. The number of guanidine groups is 1. The Kier molecular flexibility index (Phi) is 8.15. The minimum Gasteiger partial charge on any atom is -0.364 e. The van der Waals surface area contributed by atoms with Crippen molar-refractivity contribution in [3.8, 4) is 0 Å². The fourth-order valence-electron chi connectivity index (χ4n) is 4.27. The third-order valence-electron chi connectivity index (χ3n) is 5.74. The van der Waals surface area contributed by atoms with E-state index in [2.05, 4.69) is 45.9 Å². The maximum atomic E-state index is 5.08. The van der Waals surface area contributed by atoms with Crippen LogP contribution >= 0.6 is 0 Å². The van der Waals surface area contributed by atoms with E-state index in [1.54, 1.807) is 6.26 Å². The molecule has 3 rings (SSSR count). The Morgan fingerprint density at radius 2 is 1.93 bits per heavy atom. The zero-order chi connectivity index (χ0) is 19.8. The van der Waals surface area contributed by atoms with Crippen molar-refractivity contribution in [3.63, 3.8) is 0 Å². The molecule has 1 aromatic rings. The van der Waals surface area contributed by atoms with Gasteiger partial charge in [0, 0.05) is 51.4 Å². The second-order valence-electron chi connectivity index (χ2n) is 8.48. The molecule has 0 radical (unpaired) electrons. The van der Waals surface area contributed by atoms with Crippen LogP contribution in [0.1, 0.15) is 45.7 Å². The van der Waals surface area contributed by atoms with Crippen molar-refractivity contribution in [1.82, 2.24) is 25.2 Å². The number of hydrogen-bond donors (Lipinski definition) is 1. The summed E-state index contributed by atoms with van der Waals surface area (Å²) in [6.45, 7) is 16.0. The molecular weight excluding hydrogens is 352 g/mol. The van der Waals surface area contributed by atoms with Gasteiger partial charge in [-0.15, -0.1) is 0 Å². The zero-order valence-corrected chi connectivity index (χ0v) is 17.9. The van der Waals surface area contributed by atoms with Gasteiger partial charge in [0.15, 0.2) is 5.96 Å². The zero-order valence-electron chi connectivity index (χ0n) is 17.9. The van der Waals surface area contributed by atoms with Crippen LogP contribution in [0.3, 0.4) is 0 Å². The summed E-state index contributed by atoms with van der Waals surface area (Å²) in [4.78, 5) is 12.6. The lowest BCUT2D eigenvalue weighted by atomic mass is 10.0. The van der Waals surface area contributed by atoms with Gasteiger partial charge in [0.05, 0.1) is 12.2 Å². The van der Waals surface area contributed by atoms with Gasteiger partial charge in [0.2, 0.25) is 0 Å². The number of rotatable bonds is 8. The Morgan fingerprint density at radius 1 is 1.18 bits per heavy atom. The topological polar surface area (TPSA) is 60.1 Å². The fourth-order valence-corrected chi connectivity index (χ4v) is 4.27. The Labute approximate surface area is 170 Å². The van der Waals surface area contributed by atoms with Crippen molar-refractivity contribution in [1.29, 1.82) is 0 Å². The summed E-state index contributed by atoms with van der Waals surface area (Å²) in [6.07, 6.45) is 5.56. The van der Waals surface area contributed by atoms with Gasteiger partial charge in [-0.05, 0) is 45.2 Å². The van der Waals surface area contributed by atoms with Gasteiger partial charge in [0.25, 0.3) is 0 Å². The number of piperazine rings is 1. The minimum atomic E-state index is 0.574. The second-order valence-corrected chi connectivity index (χ2v) is 8.48. The molecule has 28 heavy (non-hydrogen) atoms. The van der Waals surface area contributed by atoms with Gasteiger partial charge in [-0.3, -0.25) is 14.8 Å². The standard InChI is InChI=1S/C21H38N6O/c1-4-22-21(23-16-20(15-18(2)3)26-8-5-6-9-26)27-12-10-25(11-13-27)17-19-7-14-28-24-19/h7,14,18,20H,4-6,8-13,15-17H2,1-3H3,(H,22,23). The molecule has 158 valence electrons. The average Bonchev–Trinajstić information content (AvgIpc) is 3.38. The van der Waals surface area contributed by atoms with Crippen LogP contribution in [0.25, 0.3) is 0 Å². The van der Waals surface area contributed by atoms with E-state index in [1.807, 2.05) is 6.07 Å². The number of aromatic nitrogens is 1. The molecule has 0 aromatic carbocycles. The molecule has 1 N–H and O–H groups in total. The summed E-state index contributed by atoms with van der Waals surface area (Å²) in [5.41, 5.74) is 1.01. The predicted octanol–water partition coefficient (Wildman–Crippen LogP) is 2.27. The molecule has 2 fully saturated rings.